The highest BCUT2D eigenvalue weighted by Gasteiger charge is 2.45. The van der Waals surface area contributed by atoms with E-state index in [0.29, 0.717) is 5.82 Å². The minimum absolute atomic E-state index is 0.143. The van der Waals surface area contributed by atoms with Gasteiger partial charge in [-0.05, 0) is 30.0 Å². The monoisotopic (exact) mass is 512 g/mol. The van der Waals surface area contributed by atoms with E-state index < -0.39 is 67.6 Å². The second-order valence-electron chi connectivity index (χ2n) is 8.68. The topological polar surface area (TPSA) is 138 Å². The van der Waals surface area contributed by atoms with E-state index in [-0.39, 0.29) is 11.3 Å². The number of hydrogen-bond donors (Lipinski definition) is 4. The van der Waals surface area contributed by atoms with Crippen LogP contribution in [0.5, 0.6) is 6.01 Å². The number of rotatable bonds is 10. The number of nitrogens with one attached hydrogen (secondary N) is 3. The molecule has 0 aliphatic carbocycles. The molecule has 194 valence electrons. The highest BCUT2D eigenvalue weighted by atomic mass is 19.3. The number of hydrogen-bond acceptors (Lipinski definition) is 9. The van der Waals surface area contributed by atoms with Crippen LogP contribution in [-0.2, 0) is 22.4 Å². The van der Waals surface area contributed by atoms with Crippen LogP contribution in [0.3, 0.4) is 0 Å². The number of alkyl halides is 4. The molecular formula is C22H24F4N6O4. The summed E-state index contributed by atoms with van der Waals surface area (Å²) in [5.41, 5.74) is 6.45. The number of aryl methyl sites for hydroxylation is 1. The van der Waals surface area contributed by atoms with Gasteiger partial charge in [0.2, 0.25) is 0 Å². The van der Waals surface area contributed by atoms with Crippen molar-refractivity contribution in [1.29, 1.82) is 0 Å². The number of fused-ring (bicyclic) bond motifs is 1. The predicted molar refractivity (Wildman–Crippen MR) is 117 cm³/mol. The first kappa shape index (κ1) is 25.7. The summed E-state index contributed by atoms with van der Waals surface area (Å²) in [6, 6.07) is 0.217. The number of ketones is 1. The lowest BCUT2D eigenvalue weighted by atomic mass is 9.86. The highest BCUT2D eigenvalue weighted by Crippen LogP contribution is 2.32. The molecule has 10 nitrogen and oxygen atoms in total. The fraction of sp³-hybridized carbons (Fsp3) is 0.500. The fourth-order valence-corrected chi connectivity index (χ4v) is 4.38. The van der Waals surface area contributed by atoms with Gasteiger partial charge in [-0.25, -0.2) is 34.6 Å². The maximum Gasteiger partial charge on any atom is 0.389 e. The predicted octanol–water partition coefficient (Wildman–Crippen LogP) is 2.07. The molecule has 0 spiro atoms. The number of carboxylic acid groups (broad SMARTS) is 1. The molecule has 14 heteroatoms. The van der Waals surface area contributed by atoms with E-state index >= 15 is 0 Å². The second kappa shape index (κ2) is 10.7. The molecule has 0 radical (unpaired) electrons. The molecule has 1 fully saturated rings. The molecule has 1 saturated heterocycles. The summed E-state index contributed by atoms with van der Waals surface area (Å²) in [5, 5.41) is 12.4. The highest BCUT2D eigenvalue weighted by molar-refractivity contribution is 5.92. The quantitative estimate of drug-likeness (QED) is 0.350. The Morgan fingerprint density at radius 2 is 1.97 bits per heavy atom. The van der Waals surface area contributed by atoms with Gasteiger partial charge in [-0.2, -0.15) is 8.78 Å². The van der Waals surface area contributed by atoms with Crippen LogP contribution in [0.15, 0.2) is 24.5 Å². The maximum atomic E-state index is 14.9. The number of nitrogens with zero attached hydrogens (tertiary/aromatic N) is 3. The van der Waals surface area contributed by atoms with E-state index in [2.05, 4.69) is 35.9 Å². The number of ether oxygens (including phenoxy) is 1. The van der Waals surface area contributed by atoms with Crippen molar-refractivity contribution in [2.45, 2.75) is 62.6 Å². The minimum Gasteiger partial charge on any atom is -0.481 e. The van der Waals surface area contributed by atoms with Crippen LogP contribution in [0.4, 0.5) is 23.4 Å². The Balaban J connectivity index is 1.44. The van der Waals surface area contributed by atoms with Gasteiger partial charge in [-0.1, -0.05) is 6.07 Å². The number of pyridine rings is 1. The summed E-state index contributed by atoms with van der Waals surface area (Å²) >= 11 is 0. The number of halogens is 4. The van der Waals surface area contributed by atoms with Gasteiger partial charge < -0.3 is 15.2 Å². The molecule has 36 heavy (non-hydrogen) atoms. The molecule has 2 aromatic heterocycles. The Hall–Kier alpha value is -3.39. The number of carbonyl (C=O) groups is 2. The molecule has 2 aromatic rings. The van der Waals surface area contributed by atoms with Crippen molar-refractivity contribution in [2.24, 2.45) is 0 Å². The van der Waals surface area contributed by atoms with Crippen LogP contribution in [0, 0.1) is 0 Å². The van der Waals surface area contributed by atoms with Gasteiger partial charge in [0, 0.05) is 37.0 Å². The summed E-state index contributed by atoms with van der Waals surface area (Å²) in [5.74, 6) is -5.65. The van der Waals surface area contributed by atoms with Crippen molar-refractivity contribution in [3.8, 4) is 6.01 Å². The maximum absolute atomic E-state index is 14.9. The molecular weight excluding hydrogens is 488 g/mol. The summed E-state index contributed by atoms with van der Waals surface area (Å²) in [7, 11) is 0. The number of Topliss-reactive ketones (excluding diaryl/α,β-unsaturated/α-hetero) is 1. The third kappa shape index (κ3) is 6.23. The first-order valence-electron chi connectivity index (χ1n) is 11.2. The van der Waals surface area contributed by atoms with E-state index in [1.165, 1.54) is 0 Å². The lowest BCUT2D eigenvalue weighted by molar-refractivity contribution is -0.137. The Kier molecular flexibility index (Phi) is 7.64. The van der Waals surface area contributed by atoms with E-state index in [9.17, 15) is 32.3 Å². The molecule has 0 saturated carbocycles. The molecule has 0 bridgehead atoms. The van der Waals surface area contributed by atoms with Crippen LogP contribution in [-0.4, -0.2) is 63.0 Å². The van der Waals surface area contributed by atoms with Crippen LogP contribution in [0.1, 0.15) is 42.0 Å². The molecule has 4 rings (SSSR count). The van der Waals surface area contributed by atoms with Crippen LogP contribution >= 0.6 is 0 Å². The van der Waals surface area contributed by atoms with Crippen molar-refractivity contribution in [3.05, 3.63) is 41.3 Å². The number of aliphatic carboxylic acids is 1. The summed E-state index contributed by atoms with van der Waals surface area (Å²) < 4.78 is 58.5. The smallest absolute Gasteiger partial charge is 0.389 e. The standard InChI is InChI=1S/C22H24F4N6O4/c23-20(24)36-21-28-9-12(10-29-21)14(6-16(33)34)17-18(35)15(31-32-17)8-22(25,26)7-13-4-3-11-2-1-5-27-19(11)30-13/h3-4,9-10,14-15,17,20,31-32H,1-2,5-8H2,(H,27,30)(H,33,34)/t14-,15?,17?/m0/s1. The van der Waals surface area contributed by atoms with Gasteiger partial charge in [0.05, 0.1) is 24.9 Å². The Morgan fingerprint density at radius 3 is 2.67 bits per heavy atom. The van der Waals surface area contributed by atoms with Crippen molar-refractivity contribution in [1.82, 2.24) is 25.8 Å². The first-order chi connectivity index (χ1) is 17.1. The minimum atomic E-state index is -3.28. The molecule has 2 aliphatic rings. The van der Waals surface area contributed by atoms with E-state index in [1.807, 2.05) is 0 Å². The molecule has 4 heterocycles. The lowest BCUT2D eigenvalue weighted by Crippen LogP contribution is -2.38. The van der Waals surface area contributed by atoms with Crippen molar-refractivity contribution >= 4 is 17.6 Å². The third-order valence-corrected chi connectivity index (χ3v) is 6.03. The van der Waals surface area contributed by atoms with Crippen molar-refractivity contribution in [2.75, 3.05) is 11.9 Å². The largest absolute Gasteiger partial charge is 0.481 e. The summed E-state index contributed by atoms with van der Waals surface area (Å²) in [6.45, 7) is -2.43. The van der Waals surface area contributed by atoms with Gasteiger partial charge in [0.1, 0.15) is 5.82 Å². The Morgan fingerprint density at radius 1 is 1.22 bits per heavy atom. The Labute approximate surface area is 202 Å². The zero-order valence-corrected chi connectivity index (χ0v) is 18.9. The molecule has 3 atom stereocenters. The molecule has 4 N–H and O–H groups in total. The van der Waals surface area contributed by atoms with Gasteiger partial charge in [0.25, 0.3) is 5.92 Å². The molecule has 2 unspecified atom stereocenters. The number of carboxylic acids is 1. The van der Waals surface area contributed by atoms with Crippen molar-refractivity contribution in [3.63, 3.8) is 0 Å². The molecule has 0 amide bonds. The number of carbonyl (C=O) groups excluding carboxylic acids is 1. The summed E-state index contributed by atoms with van der Waals surface area (Å²) in [4.78, 5) is 35.9. The van der Waals surface area contributed by atoms with Crippen molar-refractivity contribution < 1.29 is 37.0 Å². The first-order valence-corrected chi connectivity index (χ1v) is 11.2. The Bertz CT molecular complexity index is 1100. The molecule has 2 aliphatic heterocycles. The van der Waals surface area contributed by atoms with E-state index in [0.717, 1.165) is 37.3 Å². The normalized spacial score (nSPS) is 20.6. The van der Waals surface area contributed by atoms with Gasteiger partial charge in [-0.15, -0.1) is 0 Å². The van der Waals surface area contributed by atoms with Crippen LogP contribution in [0.25, 0.3) is 0 Å². The zero-order valence-electron chi connectivity index (χ0n) is 18.9. The average Bonchev–Trinajstić information content (AvgIpc) is 3.16. The second-order valence-corrected chi connectivity index (χ2v) is 8.68. The summed E-state index contributed by atoms with van der Waals surface area (Å²) in [6.07, 6.45) is 1.82. The average molecular weight is 512 g/mol. The lowest BCUT2D eigenvalue weighted by Gasteiger charge is -2.22. The number of anilines is 1. The SMILES string of the molecule is O=C(O)C[C@@H](c1cnc(OC(F)F)nc1)C1NNC(CC(F)(F)Cc2ccc3c(n2)NCCC3)C1=O. The van der Waals surface area contributed by atoms with E-state index in [4.69, 9.17) is 0 Å². The number of hydrazine groups is 1. The van der Waals surface area contributed by atoms with Gasteiger partial charge >= 0.3 is 18.6 Å². The third-order valence-electron chi connectivity index (χ3n) is 6.03. The van der Waals surface area contributed by atoms with Gasteiger partial charge in [0.15, 0.2) is 5.78 Å². The van der Waals surface area contributed by atoms with Crippen LogP contribution < -0.4 is 20.9 Å². The zero-order chi connectivity index (χ0) is 25.9. The number of aromatic nitrogens is 3. The fourth-order valence-electron chi connectivity index (χ4n) is 4.38. The van der Waals surface area contributed by atoms with Gasteiger partial charge in [-0.3, -0.25) is 9.59 Å². The van der Waals surface area contributed by atoms with Crippen LogP contribution in [0.2, 0.25) is 0 Å². The van der Waals surface area contributed by atoms with E-state index in [1.54, 1.807) is 12.1 Å². The molecule has 0 aromatic carbocycles.